The van der Waals surface area contributed by atoms with E-state index in [1.807, 2.05) is 51.1 Å². The lowest BCUT2D eigenvalue weighted by atomic mass is 10.0. The van der Waals surface area contributed by atoms with Gasteiger partial charge in [0.25, 0.3) is 0 Å². The van der Waals surface area contributed by atoms with Crippen molar-refractivity contribution >= 4 is 17.9 Å². The Morgan fingerprint density at radius 3 is 2.59 bits per heavy atom. The summed E-state index contributed by atoms with van der Waals surface area (Å²) in [5.74, 6) is 1.40. The van der Waals surface area contributed by atoms with Gasteiger partial charge in [0, 0.05) is 18.2 Å². The van der Waals surface area contributed by atoms with Crippen molar-refractivity contribution in [3.05, 3.63) is 66.1 Å². The van der Waals surface area contributed by atoms with Crippen LogP contribution in [0.3, 0.4) is 0 Å². The van der Waals surface area contributed by atoms with Crippen LogP contribution in [0.2, 0.25) is 0 Å². The van der Waals surface area contributed by atoms with Crippen molar-refractivity contribution < 1.29 is 9.53 Å². The summed E-state index contributed by atoms with van der Waals surface area (Å²) < 4.78 is 7.19. The molecule has 10 heteroatoms. The van der Waals surface area contributed by atoms with Gasteiger partial charge in [-0.2, -0.15) is 9.67 Å². The third kappa shape index (κ3) is 4.69. The normalized spacial score (nSPS) is 10.9. The Morgan fingerprint density at radius 2 is 1.88 bits per heavy atom. The molecule has 0 aliphatic carbocycles. The van der Waals surface area contributed by atoms with E-state index >= 15 is 0 Å². The quantitative estimate of drug-likeness (QED) is 0.489. The second-order valence-corrected chi connectivity index (χ2v) is 7.50. The van der Waals surface area contributed by atoms with Crippen molar-refractivity contribution in [3.63, 3.8) is 0 Å². The number of ether oxygens (including phenoxy) is 1. The average Bonchev–Trinajstić information content (AvgIpc) is 3.24. The number of tetrazole rings is 1. The highest BCUT2D eigenvalue weighted by molar-refractivity contribution is 5.85. The van der Waals surface area contributed by atoms with E-state index in [0.29, 0.717) is 17.3 Å². The summed E-state index contributed by atoms with van der Waals surface area (Å²) in [5.41, 5.74) is 9.19. The molecule has 2 heterocycles. The number of hydrogen-bond acceptors (Lipinski definition) is 8. The van der Waals surface area contributed by atoms with Gasteiger partial charge in [0.1, 0.15) is 11.6 Å². The minimum Gasteiger partial charge on any atom is -0.410 e. The monoisotopic (exact) mass is 430 g/mol. The number of nitrogens with zero attached hydrogens (tertiary/aromatic N) is 6. The molecule has 0 bridgehead atoms. The van der Waals surface area contributed by atoms with Gasteiger partial charge in [0.05, 0.1) is 5.69 Å². The highest BCUT2D eigenvalue weighted by Crippen LogP contribution is 2.29. The zero-order valence-corrected chi connectivity index (χ0v) is 17.9. The predicted octanol–water partition coefficient (Wildman–Crippen LogP) is 3.74. The second-order valence-electron chi connectivity index (χ2n) is 7.50. The highest BCUT2D eigenvalue weighted by atomic mass is 16.6. The fourth-order valence-corrected chi connectivity index (χ4v) is 3.10. The van der Waals surface area contributed by atoms with Gasteiger partial charge in [0.2, 0.25) is 5.95 Å². The Hall–Kier alpha value is -4.34. The van der Waals surface area contributed by atoms with E-state index in [1.54, 1.807) is 16.8 Å². The number of anilines is 2. The lowest BCUT2D eigenvalue weighted by Gasteiger charge is -2.13. The largest absolute Gasteiger partial charge is 0.418 e. The van der Waals surface area contributed by atoms with Crippen LogP contribution in [0, 0.1) is 6.92 Å². The number of aromatic nitrogens is 6. The molecule has 0 aliphatic rings. The van der Waals surface area contributed by atoms with E-state index < -0.39 is 6.09 Å². The highest BCUT2D eigenvalue weighted by Gasteiger charge is 2.16. The van der Waals surface area contributed by atoms with E-state index in [9.17, 15) is 4.79 Å². The number of hydrogen-bond donors (Lipinski definition) is 2. The Labute approximate surface area is 184 Å². The molecular weight excluding hydrogens is 408 g/mol. The molecule has 1 amide bonds. The molecule has 0 aliphatic heterocycles. The van der Waals surface area contributed by atoms with Gasteiger partial charge in [-0.1, -0.05) is 43.7 Å². The van der Waals surface area contributed by atoms with Gasteiger partial charge < -0.3 is 10.5 Å². The van der Waals surface area contributed by atoms with Crippen molar-refractivity contribution in [2.75, 3.05) is 11.1 Å². The van der Waals surface area contributed by atoms with Crippen LogP contribution in [0.25, 0.3) is 16.8 Å². The molecule has 10 nitrogen and oxygen atoms in total. The van der Waals surface area contributed by atoms with Crippen molar-refractivity contribution in [3.8, 4) is 22.6 Å². The number of amides is 1. The third-order valence-corrected chi connectivity index (χ3v) is 4.65. The van der Waals surface area contributed by atoms with Crippen LogP contribution in [0.15, 0.2) is 54.7 Å². The fraction of sp³-hybridized carbons (Fsp3) is 0.182. The van der Waals surface area contributed by atoms with Crippen LogP contribution in [-0.4, -0.2) is 36.3 Å². The minimum atomic E-state index is -0.712. The first kappa shape index (κ1) is 20.9. The number of carbonyl (C=O) groups excluding carboxylic acids is 1. The smallest absolute Gasteiger partial charge is 0.410 e. The van der Waals surface area contributed by atoms with Gasteiger partial charge in [-0.25, -0.2) is 9.78 Å². The second kappa shape index (κ2) is 8.80. The molecule has 0 spiro atoms. The lowest BCUT2D eigenvalue weighted by Crippen LogP contribution is -2.18. The van der Waals surface area contributed by atoms with Crippen molar-refractivity contribution in [2.45, 2.75) is 26.7 Å². The summed E-state index contributed by atoms with van der Waals surface area (Å²) in [6.07, 6.45) is 0.732. The number of nitrogens with one attached hydrogen (secondary N) is 1. The Kier molecular flexibility index (Phi) is 5.75. The SMILES string of the molecule is Cc1ccc(-c2cc(OC(=O)Nc3ccnc(N)n3)cc(-n3nnnc3C(C)C)c2)cc1. The van der Waals surface area contributed by atoms with E-state index in [-0.39, 0.29) is 17.7 Å². The molecule has 0 saturated carbocycles. The molecule has 2 aromatic heterocycles. The molecule has 4 aromatic rings. The van der Waals surface area contributed by atoms with Gasteiger partial charge in [-0.05, 0) is 46.7 Å². The van der Waals surface area contributed by atoms with Crippen LogP contribution in [0.5, 0.6) is 5.75 Å². The number of carbonyl (C=O) groups is 1. The standard InChI is InChI=1S/C22H22N8O2/c1-13(2)20-27-28-29-30(20)17-10-16(15-6-4-14(3)5-7-15)11-18(12-17)32-22(31)26-19-8-9-24-21(23)25-19/h4-13H,1-3H3,(H3,23,24,25,26,31). The summed E-state index contributed by atoms with van der Waals surface area (Å²) in [4.78, 5) is 20.2. The van der Waals surface area contributed by atoms with Gasteiger partial charge in [-0.15, -0.1) is 5.10 Å². The van der Waals surface area contributed by atoms with Crippen LogP contribution < -0.4 is 15.8 Å². The predicted molar refractivity (Wildman–Crippen MR) is 120 cm³/mol. The Bertz CT molecular complexity index is 1250. The molecule has 32 heavy (non-hydrogen) atoms. The first-order valence-electron chi connectivity index (χ1n) is 9.97. The van der Waals surface area contributed by atoms with Crippen molar-refractivity contribution in [1.82, 2.24) is 30.2 Å². The van der Waals surface area contributed by atoms with E-state index in [1.165, 1.54) is 12.3 Å². The van der Waals surface area contributed by atoms with Crippen LogP contribution in [0.1, 0.15) is 31.2 Å². The van der Waals surface area contributed by atoms with Gasteiger partial charge >= 0.3 is 6.09 Å². The number of aryl methyl sites for hydroxylation is 1. The lowest BCUT2D eigenvalue weighted by molar-refractivity contribution is 0.215. The zero-order chi connectivity index (χ0) is 22.7. The van der Waals surface area contributed by atoms with Crippen LogP contribution >= 0.6 is 0 Å². The molecule has 0 saturated heterocycles. The summed E-state index contributed by atoms with van der Waals surface area (Å²) in [7, 11) is 0. The molecule has 0 radical (unpaired) electrons. The van der Waals surface area contributed by atoms with Crippen molar-refractivity contribution in [2.24, 2.45) is 0 Å². The van der Waals surface area contributed by atoms with Crippen molar-refractivity contribution in [1.29, 1.82) is 0 Å². The molecular formula is C22H22N8O2. The molecule has 4 rings (SSSR count). The zero-order valence-electron chi connectivity index (χ0n) is 17.9. The fourth-order valence-electron chi connectivity index (χ4n) is 3.10. The number of rotatable bonds is 5. The Morgan fingerprint density at radius 1 is 1.09 bits per heavy atom. The third-order valence-electron chi connectivity index (χ3n) is 4.65. The van der Waals surface area contributed by atoms with E-state index in [0.717, 1.165) is 16.7 Å². The molecule has 162 valence electrons. The maximum atomic E-state index is 12.5. The topological polar surface area (TPSA) is 134 Å². The summed E-state index contributed by atoms with van der Waals surface area (Å²) in [5, 5.41) is 14.6. The average molecular weight is 430 g/mol. The molecule has 0 atom stereocenters. The van der Waals surface area contributed by atoms with Crippen LogP contribution in [-0.2, 0) is 0 Å². The first-order chi connectivity index (χ1) is 15.4. The summed E-state index contributed by atoms with van der Waals surface area (Å²) in [6, 6.07) is 15.0. The maximum absolute atomic E-state index is 12.5. The summed E-state index contributed by atoms with van der Waals surface area (Å²) >= 11 is 0. The first-order valence-corrected chi connectivity index (χ1v) is 9.97. The molecule has 3 N–H and O–H groups in total. The van der Waals surface area contributed by atoms with Gasteiger partial charge in [0.15, 0.2) is 5.82 Å². The molecule has 0 unspecified atom stereocenters. The number of nitrogens with two attached hydrogens (primary N) is 1. The number of nitrogen functional groups attached to an aromatic ring is 1. The van der Waals surface area contributed by atoms with E-state index in [2.05, 4.69) is 30.8 Å². The number of benzene rings is 2. The van der Waals surface area contributed by atoms with Crippen LogP contribution in [0.4, 0.5) is 16.6 Å². The van der Waals surface area contributed by atoms with Gasteiger partial charge in [-0.3, -0.25) is 5.32 Å². The Balaban J connectivity index is 1.70. The minimum absolute atomic E-state index is 0.0475. The maximum Gasteiger partial charge on any atom is 0.418 e. The van der Waals surface area contributed by atoms with E-state index in [4.69, 9.17) is 10.5 Å². The molecule has 2 aromatic carbocycles. The summed E-state index contributed by atoms with van der Waals surface area (Å²) in [6.45, 7) is 6.03. The molecule has 0 fully saturated rings.